The van der Waals surface area contributed by atoms with Crippen LogP contribution in [0.3, 0.4) is 0 Å². The first kappa shape index (κ1) is 18.9. The molecule has 0 spiro atoms. The van der Waals surface area contributed by atoms with Gasteiger partial charge < -0.3 is 10.1 Å². The normalized spacial score (nSPS) is 11.2. The van der Waals surface area contributed by atoms with Crippen LogP contribution in [0.5, 0.6) is 5.75 Å². The summed E-state index contributed by atoms with van der Waals surface area (Å²) in [6.45, 7) is 2.65. The summed E-state index contributed by atoms with van der Waals surface area (Å²) in [6, 6.07) is 9.32. The summed E-state index contributed by atoms with van der Waals surface area (Å²) in [4.78, 5) is 11.3. The first-order valence-electron chi connectivity index (χ1n) is 7.62. The summed E-state index contributed by atoms with van der Waals surface area (Å²) in [6.07, 6.45) is 1.95. The minimum Gasteiger partial charge on any atom is -0.494 e. The van der Waals surface area contributed by atoms with Gasteiger partial charge >= 0.3 is 0 Å². The Bertz CT molecular complexity index is 850. The number of unbranched alkanes of at least 4 members (excludes halogenated alkanes) is 1. The van der Waals surface area contributed by atoms with Crippen molar-refractivity contribution in [2.75, 3.05) is 11.9 Å². The molecule has 0 unspecified atom stereocenters. The quantitative estimate of drug-likeness (QED) is 0.577. The van der Waals surface area contributed by atoms with Gasteiger partial charge in [0.15, 0.2) is 0 Å². The van der Waals surface area contributed by atoms with Crippen molar-refractivity contribution in [1.29, 1.82) is 0 Å². The van der Waals surface area contributed by atoms with Crippen molar-refractivity contribution in [1.82, 2.24) is 0 Å². The third-order valence-corrected chi connectivity index (χ3v) is 4.22. The number of amides is 1. The first-order valence-corrected chi connectivity index (χ1v) is 9.06. The Morgan fingerprint density at radius 3 is 2.48 bits per heavy atom. The fourth-order valence-electron chi connectivity index (χ4n) is 2.02. The van der Waals surface area contributed by atoms with Gasteiger partial charge in [-0.25, -0.2) is 4.39 Å². The number of hydrogen-bond donors (Lipinski definition) is 2. The second-order valence-corrected chi connectivity index (χ2v) is 6.69. The highest BCUT2D eigenvalue weighted by Gasteiger charge is 2.17. The topological polar surface area (TPSA) is 92.7 Å². The molecular formula is C17H18FNO5S. The van der Waals surface area contributed by atoms with Crippen molar-refractivity contribution in [2.24, 2.45) is 0 Å². The second-order valence-electron chi connectivity index (χ2n) is 5.30. The number of hydrogen-bond acceptors (Lipinski definition) is 4. The van der Waals surface area contributed by atoms with Gasteiger partial charge in [0.05, 0.1) is 6.61 Å². The highest BCUT2D eigenvalue weighted by molar-refractivity contribution is 7.85. The number of carbonyl (C=O) groups excluding carboxylic acids is 1. The number of ether oxygens (including phenoxy) is 1. The van der Waals surface area contributed by atoms with Crippen molar-refractivity contribution >= 4 is 21.7 Å². The molecule has 25 heavy (non-hydrogen) atoms. The Morgan fingerprint density at radius 2 is 1.88 bits per heavy atom. The van der Waals surface area contributed by atoms with Crippen LogP contribution >= 0.6 is 0 Å². The van der Waals surface area contributed by atoms with Gasteiger partial charge in [0, 0.05) is 11.3 Å². The average Bonchev–Trinajstić information content (AvgIpc) is 2.56. The van der Waals surface area contributed by atoms with E-state index in [-0.39, 0.29) is 5.69 Å². The number of halogens is 1. The van der Waals surface area contributed by atoms with E-state index in [0.29, 0.717) is 17.9 Å². The molecule has 2 aromatic carbocycles. The lowest BCUT2D eigenvalue weighted by atomic mass is 10.2. The average molecular weight is 367 g/mol. The lowest BCUT2D eigenvalue weighted by molar-refractivity contribution is 0.102. The maximum atomic E-state index is 13.4. The van der Waals surface area contributed by atoms with E-state index in [1.807, 2.05) is 0 Å². The van der Waals surface area contributed by atoms with Crippen molar-refractivity contribution in [2.45, 2.75) is 24.7 Å². The zero-order chi connectivity index (χ0) is 18.4. The van der Waals surface area contributed by atoms with Gasteiger partial charge in [0.2, 0.25) is 0 Å². The Kier molecular flexibility index (Phi) is 6.11. The van der Waals surface area contributed by atoms with Gasteiger partial charge in [-0.05, 0) is 48.9 Å². The van der Waals surface area contributed by atoms with Crippen LogP contribution < -0.4 is 10.1 Å². The first-order chi connectivity index (χ1) is 11.8. The molecule has 134 valence electrons. The van der Waals surface area contributed by atoms with Crippen LogP contribution in [-0.2, 0) is 10.1 Å². The summed E-state index contributed by atoms with van der Waals surface area (Å²) >= 11 is 0. The standard InChI is InChI=1S/C17H18FNO5S/c1-2-3-10-24-14-7-4-12(5-8-14)17(20)19-13-6-9-15(18)16(11-13)25(21,22)23/h4-9,11H,2-3,10H2,1H3,(H,19,20)(H,21,22,23). The van der Waals surface area contributed by atoms with Crippen molar-refractivity contribution in [3.8, 4) is 5.75 Å². The molecule has 0 aliphatic rings. The Balaban J connectivity index is 2.09. The predicted molar refractivity (Wildman–Crippen MR) is 91.0 cm³/mol. The monoisotopic (exact) mass is 367 g/mol. The highest BCUT2D eigenvalue weighted by atomic mass is 32.2. The zero-order valence-corrected chi connectivity index (χ0v) is 14.3. The Hall–Kier alpha value is -2.45. The Morgan fingerprint density at radius 1 is 1.20 bits per heavy atom. The van der Waals surface area contributed by atoms with Gasteiger partial charge in [0.1, 0.15) is 16.5 Å². The molecule has 0 aromatic heterocycles. The molecule has 0 atom stereocenters. The summed E-state index contributed by atoms with van der Waals surface area (Å²) < 4.78 is 50.1. The zero-order valence-electron chi connectivity index (χ0n) is 13.5. The minimum atomic E-state index is -4.72. The maximum Gasteiger partial charge on any atom is 0.297 e. The molecule has 0 fully saturated rings. The van der Waals surface area contributed by atoms with Gasteiger partial charge in [-0.3, -0.25) is 9.35 Å². The van der Waals surface area contributed by atoms with Crippen molar-refractivity contribution in [3.05, 3.63) is 53.8 Å². The van der Waals surface area contributed by atoms with E-state index in [9.17, 15) is 17.6 Å². The van der Waals surface area contributed by atoms with Gasteiger partial charge in [-0.2, -0.15) is 8.42 Å². The number of benzene rings is 2. The number of anilines is 1. The van der Waals surface area contributed by atoms with Crippen LogP contribution in [0.4, 0.5) is 10.1 Å². The molecular weight excluding hydrogens is 349 g/mol. The summed E-state index contributed by atoms with van der Waals surface area (Å²) in [7, 11) is -4.72. The largest absolute Gasteiger partial charge is 0.494 e. The lowest BCUT2D eigenvalue weighted by Crippen LogP contribution is -2.13. The van der Waals surface area contributed by atoms with Crippen LogP contribution in [0.1, 0.15) is 30.1 Å². The molecule has 2 N–H and O–H groups in total. The molecule has 0 aliphatic carbocycles. The molecule has 0 heterocycles. The molecule has 8 heteroatoms. The smallest absolute Gasteiger partial charge is 0.297 e. The van der Waals surface area contributed by atoms with E-state index in [1.165, 1.54) is 6.07 Å². The molecule has 6 nitrogen and oxygen atoms in total. The van der Waals surface area contributed by atoms with Crippen LogP contribution in [0.25, 0.3) is 0 Å². The number of nitrogens with one attached hydrogen (secondary N) is 1. The van der Waals surface area contributed by atoms with E-state index >= 15 is 0 Å². The number of carbonyl (C=O) groups is 1. The van der Waals surface area contributed by atoms with Gasteiger partial charge in [-0.1, -0.05) is 13.3 Å². The molecule has 2 rings (SSSR count). The van der Waals surface area contributed by atoms with Crippen LogP contribution in [0.2, 0.25) is 0 Å². The SMILES string of the molecule is CCCCOc1ccc(C(=O)Nc2ccc(F)c(S(=O)(=O)O)c2)cc1. The minimum absolute atomic E-state index is 0.0438. The molecule has 0 bridgehead atoms. The molecule has 0 radical (unpaired) electrons. The maximum absolute atomic E-state index is 13.4. The molecule has 1 amide bonds. The number of rotatable bonds is 7. The summed E-state index contributed by atoms with van der Waals surface area (Å²) in [5.74, 6) is -0.970. The van der Waals surface area contributed by atoms with E-state index in [4.69, 9.17) is 9.29 Å². The van der Waals surface area contributed by atoms with Gasteiger partial charge in [-0.15, -0.1) is 0 Å². The van der Waals surface area contributed by atoms with E-state index in [1.54, 1.807) is 24.3 Å². The molecule has 2 aromatic rings. The molecule has 0 saturated carbocycles. The Labute approximate surface area is 145 Å². The molecule has 0 aliphatic heterocycles. The predicted octanol–water partition coefficient (Wildman–Crippen LogP) is 3.50. The summed E-state index contributed by atoms with van der Waals surface area (Å²) in [5.41, 5.74) is 0.364. The van der Waals surface area contributed by atoms with E-state index < -0.39 is 26.7 Å². The van der Waals surface area contributed by atoms with Crippen molar-refractivity contribution < 1.29 is 26.9 Å². The lowest BCUT2D eigenvalue weighted by Gasteiger charge is -2.09. The highest BCUT2D eigenvalue weighted by Crippen LogP contribution is 2.20. The second kappa shape index (κ2) is 8.09. The third kappa shape index (κ3) is 5.27. The molecule has 0 saturated heterocycles. The summed E-state index contributed by atoms with van der Waals surface area (Å²) in [5, 5.41) is 2.45. The van der Waals surface area contributed by atoms with E-state index in [0.717, 1.165) is 25.0 Å². The van der Waals surface area contributed by atoms with Crippen molar-refractivity contribution in [3.63, 3.8) is 0 Å². The fourth-order valence-corrected chi connectivity index (χ4v) is 2.61. The van der Waals surface area contributed by atoms with E-state index in [2.05, 4.69) is 12.2 Å². The van der Waals surface area contributed by atoms with Crippen LogP contribution in [-0.4, -0.2) is 25.5 Å². The fraction of sp³-hybridized carbons (Fsp3) is 0.235. The third-order valence-electron chi connectivity index (χ3n) is 3.35. The van der Waals surface area contributed by atoms with Crippen LogP contribution in [0.15, 0.2) is 47.4 Å². The van der Waals surface area contributed by atoms with Gasteiger partial charge in [0.25, 0.3) is 16.0 Å². The van der Waals surface area contributed by atoms with Crippen LogP contribution in [0, 0.1) is 5.82 Å².